The fraction of sp³-hybridized carbons (Fsp3) is 0.629. The summed E-state index contributed by atoms with van der Waals surface area (Å²) in [5.41, 5.74) is 1.81. The van der Waals surface area contributed by atoms with E-state index in [1.807, 2.05) is 37.3 Å². The van der Waals surface area contributed by atoms with Crippen LogP contribution in [0.25, 0.3) is 0 Å². The van der Waals surface area contributed by atoms with Crippen LogP contribution in [0.3, 0.4) is 0 Å². The summed E-state index contributed by atoms with van der Waals surface area (Å²) in [6, 6.07) is 0. The number of methoxy groups -OCH3 is 2. The summed E-state index contributed by atoms with van der Waals surface area (Å²) in [6.45, 7) is 4.08. The molecule has 43 heavy (non-hydrogen) atoms. The molecule has 0 aromatic heterocycles. The third-order valence-electron chi connectivity index (χ3n) is 8.13. The summed E-state index contributed by atoms with van der Waals surface area (Å²) in [5.74, 6) is -0.625. The van der Waals surface area contributed by atoms with Crippen molar-refractivity contribution in [3.8, 4) is 0 Å². The number of carbonyl (C=O) groups is 3. The van der Waals surface area contributed by atoms with E-state index >= 15 is 0 Å². The fourth-order valence-corrected chi connectivity index (χ4v) is 5.86. The van der Waals surface area contributed by atoms with E-state index in [-0.39, 0.29) is 49.2 Å². The summed E-state index contributed by atoms with van der Waals surface area (Å²) >= 11 is 0. The number of hydrogen-bond acceptors (Lipinski definition) is 8. The molecule has 3 heterocycles. The summed E-state index contributed by atoms with van der Waals surface area (Å²) < 4.78 is 28.5. The molecule has 8 heteroatoms. The first-order chi connectivity index (χ1) is 20.7. The molecule has 238 valence electrons. The Morgan fingerprint density at radius 3 is 2.42 bits per heavy atom. The van der Waals surface area contributed by atoms with E-state index in [0.717, 1.165) is 49.7 Å². The quantitative estimate of drug-likeness (QED) is 0.110. The van der Waals surface area contributed by atoms with Crippen molar-refractivity contribution in [2.45, 2.75) is 121 Å². The van der Waals surface area contributed by atoms with Crippen LogP contribution in [0.2, 0.25) is 0 Å². The molecule has 2 saturated heterocycles. The second kappa shape index (κ2) is 18.6. The van der Waals surface area contributed by atoms with E-state index in [1.54, 1.807) is 6.08 Å². The molecule has 0 amide bonds. The molecular weight excluding hydrogens is 548 g/mol. The Bertz CT molecular complexity index is 1070. The largest absolute Gasteiger partial charge is 0.469 e. The van der Waals surface area contributed by atoms with Crippen LogP contribution in [0, 0.1) is 5.92 Å². The van der Waals surface area contributed by atoms with Crippen molar-refractivity contribution < 1.29 is 38.1 Å². The molecule has 6 atom stereocenters. The van der Waals surface area contributed by atoms with E-state index in [2.05, 4.69) is 19.1 Å². The first-order valence-electron chi connectivity index (χ1n) is 15.8. The van der Waals surface area contributed by atoms with Crippen molar-refractivity contribution in [3.05, 3.63) is 59.8 Å². The van der Waals surface area contributed by atoms with Crippen LogP contribution in [-0.2, 0) is 38.1 Å². The number of rotatable bonds is 6. The molecule has 8 nitrogen and oxygen atoms in total. The average Bonchev–Trinajstić information content (AvgIpc) is 3.19. The van der Waals surface area contributed by atoms with Gasteiger partial charge in [0.05, 0.1) is 51.5 Å². The van der Waals surface area contributed by atoms with Gasteiger partial charge < -0.3 is 23.7 Å². The first-order valence-corrected chi connectivity index (χ1v) is 15.8. The van der Waals surface area contributed by atoms with Crippen molar-refractivity contribution in [2.24, 2.45) is 5.92 Å². The maximum atomic E-state index is 13.2. The molecule has 0 aromatic rings. The minimum absolute atomic E-state index is 0.0961. The molecular formula is C35H50O8. The molecule has 6 unspecified atom stereocenters. The lowest BCUT2D eigenvalue weighted by Gasteiger charge is -2.34. The highest BCUT2D eigenvalue weighted by molar-refractivity contribution is 5.82. The Morgan fingerprint density at radius 1 is 0.907 bits per heavy atom. The second-order valence-electron chi connectivity index (χ2n) is 12.0. The maximum absolute atomic E-state index is 13.2. The molecule has 3 aliphatic rings. The molecule has 0 aromatic carbocycles. The molecule has 0 spiro atoms. The highest BCUT2D eigenvalue weighted by atomic mass is 16.6. The Morgan fingerprint density at radius 2 is 1.65 bits per heavy atom. The Labute approximate surface area is 257 Å². The molecule has 0 aliphatic carbocycles. The van der Waals surface area contributed by atoms with Crippen LogP contribution >= 0.6 is 0 Å². The average molecular weight is 599 g/mol. The maximum Gasteiger partial charge on any atom is 0.330 e. The fourth-order valence-electron chi connectivity index (χ4n) is 5.86. The zero-order valence-corrected chi connectivity index (χ0v) is 26.3. The summed E-state index contributed by atoms with van der Waals surface area (Å²) in [6.07, 6.45) is 23.6. The molecule has 0 radical (unpaired) electrons. The Kier molecular flexibility index (Phi) is 15.0. The van der Waals surface area contributed by atoms with Gasteiger partial charge in [-0.3, -0.25) is 9.59 Å². The van der Waals surface area contributed by atoms with Crippen LogP contribution in [0.4, 0.5) is 0 Å². The van der Waals surface area contributed by atoms with Crippen molar-refractivity contribution in [2.75, 3.05) is 14.2 Å². The van der Waals surface area contributed by atoms with Crippen molar-refractivity contribution in [1.82, 2.24) is 0 Å². The number of ether oxygens (including phenoxy) is 5. The highest BCUT2D eigenvalue weighted by Crippen LogP contribution is 2.33. The molecule has 2 fully saturated rings. The van der Waals surface area contributed by atoms with Crippen LogP contribution in [0.5, 0.6) is 0 Å². The number of allylic oxidation sites excluding steroid dienone is 5. The van der Waals surface area contributed by atoms with Crippen LogP contribution in [0.1, 0.15) is 90.9 Å². The van der Waals surface area contributed by atoms with Gasteiger partial charge in [0.1, 0.15) is 6.10 Å². The second-order valence-corrected chi connectivity index (χ2v) is 12.0. The van der Waals surface area contributed by atoms with Gasteiger partial charge in [-0.05, 0) is 57.4 Å². The zero-order valence-electron chi connectivity index (χ0n) is 26.3. The normalized spacial score (nSPS) is 31.7. The predicted octanol–water partition coefficient (Wildman–Crippen LogP) is 6.65. The third kappa shape index (κ3) is 13.5. The smallest absolute Gasteiger partial charge is 0.330 e. The van der Waals surface area contributed by atoms with Gasteiger partial charge >= 0.3 is 17.9 Å². The number of hydrogen-bond donors (Lipinski definition) is 0. The van der Waals surface area contributed by atoms with Crippen molar-refractivity contribution in [1.29, 1.82) is 0 Å². The summed E-state index contributed by atoms with van der Waals surface area (Å²) in [5, 5.41) is 0. The number of carbonyl (C=O) groups excluding carboxylic acids is 3. The van der Waals surface area contributed by atoms with Gasteiger partial charge in [-0.25, -0.2) is 4.79 Å². The zero-order chi connectivity index (χ0) is 31.0. The third-order valence-corrected chi connectivity index (χ3v) is 8.13. The number of cyclic esters (lactones) is 1. The van der Waals surface area contributed by atoms with Gasteiger partial charge in [0.2, 0.25) is 0 Å². The first kappa shape index (κ1) is 34.5. The van der Waals surface area contributed by atoms with Gasteiger partial charge in [-0.1, -0.05) is 67.4 Å². The predicted molar refractivity (Wildman–Crippen MR) is 165 cm³/mol. The van der Waals surface area contributed by atoms with E-state index in [4.69, 9.17) is 23.7 Å². The van der Waals surface area contributed by atoms with Gasteiger partial charge in [0.15, 0.2) is 0 Å². The molecule has 0 N–H and O–H groups in total. The molecule has 3 rings (SSSR count). The van der Waals surface area contributed by atoms with Crippen LogP contribution in [0.15, 0.2) is 59.8 Å². The van der Waals surface area contributed by atoms with Gasteiger partial charge in [-0.2, -0.15) is 0 Å². The van der Waals surface area contributed by atoms with Crippen LogP contribution < -0.4 is 0 Å². The number of esters is 3. The Balaban J connectivity index is 1.76. The molecule has 4 bridgehead atoms. The van der Waals surface area contributed by atoms with Crippen molar-refractivity contribution in [3.63, 3.8) is 0 Å². The van der Waals surface area contributed by atoms with Crippen molar-refractivity contribution >= 4 is 17.9 Å². The lowest BCUT2D eigenvalue weighted by Crippen LogP contribution is -2.35. The topological polar surface area (TPSA) is 97.4 Å². The number of fused-ring (bicyclic) bond motifs is 4. The van der Waals surface area contributed by atoms with Gasteiger partial charge in [0, 0.05) is 18.9 Å². The minimum atomic E-state index is -0.438. The highest BCUT2D eigenvalue weighted by Gasteiger charge is 2.32. The summed E-state index contributed by atoms with van der Waals surface area (Å²) in [4.78, 5) is 36.6. The standard InChI is InChI=1S/C35H50O8/c1-25-12-10-16-28(13-7-5-6-11-26(2)19-33(36)39-3)43-35(38)24-32-21-27(22-34(37)40-4)20-31(42-32)23-30-15-9-8-14-29(41-30)18-17-25/h5-7,10-13,22,25,28-32H,8-9,14-21,23-24H2,1-4H3/b6-5-,12-10+,13-7+,26-11+,27-22-. The molecule has 0 saturated carbocycles. The minimum Gasteiger partial charge on any atom is -0.469 e. The van der Waals surface area contributed by atoms with E-state index in [0.29, 0.717) is 25.2 Å². The lowest BCUT2D eigenvalue weighted by molar-refractivity contribution is -0.152. The van der Waals surface area contributed by atoms with Gasteiger partial charge in [-0.15, -0.1) is 0 Å². The van der Waals surface area contributed by atoms with Crippen LogP contribution in [-0.4, -0.2) is 62.6 Å². The lowest BCUT2D eigenvalue weighted by atomic mass is 9.92. The SMILES string of the molecule is COC(=O)/C=C1\CC2CC(=O)OC(/C=C/C=C\C=C(/C)CC(=O)OC)C/C=C/C(C)CCC3CCCCC(CC(C1)O2)O3. The molecule has 3 aliphatic heterocycles. The monoisotopic (exact) mass is 598 g/mol. The van der Waals surface area contributed by atoms with Gasteiger partial charge in [0.25, 0.3) is 0 Å². The summed E-state index contributed by atoms with van der Waals surface area (Å²) in [7, 11) is 2.74. The van der Waals surface area contributed by atoms with E-state index in [1.165, 1.54) is 20.6 Å². The van der Waals surface area contributed by atoms with E-state index in [9.17, 15) is 14.4 Å². The van der Waals surface area contributed by atoms with E-state index < -0.39 is 12.1 Å². The Hall–Kier alpha value is -2.97.